The number of aromatic nitrogens is 3. The Bertz CT molecular complexity index is 735. The van der Waals surface area contributed by atoms with E-state index in [-0.39, 0.29) is 17.0 Å². The van der Waals surface area contributed by atoms with Crippen molar-refractivity contribution in [3.05, 3.63) is 30.2 Å². The molecular weight excluding hydrogens is 300 g/mol. The maximum atomic E-state index is 12.2. The Morgan fingerprint density at radius 1 is 1.32 bits per heavy atom. The number of hydrogen-bond acceptors (Lipinski definition) is 5. The van der Waals surface area contributed by atoms with E-state index in [2.05, 4.69) is 15.5 Å². The lowest BCUT2D eigenvalue weighted by atomic mass is 10.3. The first-order valence-electron chi connectivity index (χ1n) is 7.82. The number of nitrogens with zero attached hydrogens (tertiary/aromatic N) is 3. The van der Waals surface area contributed by atoms with Crippen LogP contribution in [0.4, 0.5) is 0 Å². The van der Waals surface area contributed by atoms with Gasteiger partial charge in [0.15, 0.2) is 21.3 Å². The van der Waals surface area contributed by atoms with Gasteiger partial charge in [-0.05, 0) is 31.9 Å². The molecule has 1 aliphatic carbocycles. The first-order valence-corrected chi connectivity index (χ1v) is 9.54. The topological polar surface area (TPSA) is 76.4 Å². The number of sulfone groups is 1. The Morgan fingerprint density at radius 2 is 2.09 bits per heavy atom. The third-order valence-corrected chi connectivity index (χ3v) is 6.63. The molecule has 0 saturated heterocycles. The fraction of sp³-hybridized carbons (Fsp3) is 0.600. The van der Waals surface area contributed by atoms with E-state index in [4.69, 9.17) is 0 Å². The van der Waals surface area contributed by atoms with Crippen molar-refractivity contribution in [2.24, 2.45) is 0 Å². The molecule has 1 N–H and O–H groups in total. The zero-order valence-electron chi connectivity index (χ0n) is 12.8. The van der Waals surface area contributed by atoms with Crippen molar-refractivity contribution in [1.29, 1.82) is 0 Å². The molecule has 3 rings (SSSR count). The number of fused-ring (bicyclic) bond motifs is 1. The minimum Gasteiger partial charge on any atom is -0.306 e. The Hall–Kier alpha value is -1.47. The van der Waals surface area contributed by atoms with Crippen LogP contribution in [0, 0.1) is 0 Å². The van der Waals surface area contributed by atoms with E-state index in [1.54, 1.807) is 0 Å². The summed E-state index contributed by atoms with van der Waals surface area (Å²) in [6.45, 7) is 2.42. The molecule has 1 unspecified atom stereocenters. The van der Waals surface area contributed by atoms with E-state index in [9.17, 15) is 8.42 Å². The van der Waals surface area contributed by atoms with E-state index in [1.807, 2.05) is 35.7 Å². The summed E-state index contributed by atoms with van der Waals surface area (Å²) in [6.07, 6.45) is 5.65. The third-order valence-electron chi connectivity index (χ3n) is 4.37. The summed E-state index contributed by atoms with van der Waals surface area (Å²) in [5.41, 5.74) is 0.796. The summed E-state index contributed by atoms with van der Waals surface area (Å²) in [6, 6.07) is 5.70. The van der Waals surface area contributed by atoms with Gasteiger partial charge in [0.2, 0.25) is 0 Å². The standard InChI is InChI=1S/C15H22N4O2S/c1-12(15-18-17-14-8-4-5-10-19(14)15)16-9-11-22(20,21)13-6-2-3-7-13/h4-5,8,10,12-13,16H,2-3,6-7,9,11H2,1H3. The summed E-state index contributed by atoms with van der Waals surface area (Å²) >= 11 is 0. The summed E-state index contributed by atoms with van der Waals surface area (Å²) < 4.78 is 26.4. The van der Waals surface area contributed by atoms with Gasteiger partial charge in [0.25, 0.3) is 0 Å². The lowest BCUT2D eigenvalue weighted by Gasteiger charge is -2.14. The number of hydrogen-bond donors (Lipinski definition) is 1. The van der Waals surface area contributed by atoms with Gasteiger partial charge in [0.1, 0.15) is 0 Å². The van der Waals surface area contributed by atoms with Crippen molar-refractivity contribution in [3.63, 3.8) is 0 Å². The van der Waals surface area contributed by atoms with Gasteiger partial charge in [0, 0.05) is 12.7 Å². The molecule has 0 aliphatic heterocycles. The summed E-state index contributed by atoms with van der Waals surface area (Å²) in [7, 11) is -2.97. The number of nitrogens with one attached hydrogen (secondary N) is 1. The molecule has 120 valence electrons. The molecule has 0 bridgehead atoms. The van der Waals surface area contributed by atoms with Crippen molar-refractivity contribution < 1.29 is 8.42 Å². The quantitative estimate of drug-likeness (QED) is 0.876. The van der Waals surface area contributed by atoms with E-state index in [1.165, 1.54) is 0 Å². The number of rotatable bonds is 6. The van der Waals surface area contributed by atoms with E-state index in [0.717, 1.165) is 37.2 Å². The largest absolute Gasteiger partial charge is 0.306 e. The predicted octanol–water partition coefficient (Wildman–Crippen LogP) is 1.74. The molecule has 1 atom stereocenters. The van der Waals surface area contributed by atoms with E-state index < -0.39 is 9.84 Å². The number of pyridine rings is 1. The fourth-order valence-corrected chi connectivity index (χ4v) is 4.87. The molecule has 0 aromatic carbocycles. The first kappa shape index (κ1) is 15.4. The molecule has 1 saturated carbocycles. The molecule has 2 aromatic heterocycles. The van der Waals surface area contributed by atoms with Gasteiger partial charge in [-0.25, -0.2) is 8.42 Å². The highest BCUT2D eigenvalue weighted by atomic mass is 32.2. The van der Waals surface area contributed by atoms with Crippen LogP contribution < -0.4 is 5.32 Å². The Kier molecular flexibility index (Phi) is 4.44. The second kappa shape index (κ2) is 6.34. The Balaban J connectivity index is 1.59. The van der Waals surface area contributed by atoms with Gasteiger partial charge in [0.05, 0.1) is 17.0 Å². The van der Waals surface area contributed by atoms with Gasteiger partial charge in [-0.3, -0.25) is 4.40 Å². The smallest absolute Gasteiger partial charge is 0.160 e. The second-order valence-electron chi connectivity index (χ2n) is 5.94. The molecule has 1 aliphatic rings. The highest BCUT2D eigenvalue weighted by molar-refractivity contribution is 7.92. The van der Waals surface area contributed by atoms with Crippen LogP contribution in [0.2, 0.25) is 0 Å². The first-order chi connectivity index (χ1) is 10.6. The molecule has 0 spiro atoms. The predicted molar refractivity (Wildman–Crippen MR) is 85.4 cm³/mol. The van der Waals surface area contributed by atoms with Gasteiger partial charge in [-0.15, -0.1) is 10.2 Å². The summed E-state index contributed by atoms with van der Waals surface area (Å²) in [5, 5.41) is 11.4. The molecule has 22 heavy (non-hydrogen) atoms. The van der Waals surface area contributed by atoms with Crippen LogP contribution in [-0.2, 0) is 9.84 Å². The molecular formula is C15H22N4O2S. The van der Waals surface area contributed by atoms with Crippen LogP contribution in [0.3, 0.4) is 0 Å². The summed E-state index contributed by atoms with van der Waals surface area (Å²) in [5.74, 6) is 0.993. The minimum absolute atomic E-state index is 0.0452. The van der Waals surface area contributed by atoms with Crippen LogP contribution in [0.25, 0.3) is 5.65 Å². The lowest BCUT2D eigenvalue weighted by Crippen LogP contribution is -2.30. The molecule has 2 aromatic rings. The zero-order valence-corrected chi connectivity index (χ0v) is 13.6. The maximum Gasteiger partial charge on any atom is 0.160 e. The van der Waals surface area contributed by atoms with Crippen LogP contribution in [0.1, 0.15) is 44.5 Å². The average molecular weight is 322 g/mol. The van der Waals surface area contributed by atoms with Gasteiger partial charge in [-0.2, -0.15) is 0 Å². The fourth-order valence-electron chi connectivity index (χ4n) is 3.08. The highest BCUT2D eigenvalue weighted by Gasteiger charge is 2.28. The minimum atomic E-state index is -2.97. The Morgan fingerprint density at radius 3 is 2.86 bits per heavy atom. The van der Waals surface area contributed by atoms with Gasteiger partial charge >= 0.3 is 0 Å². The SMILES string of the molecule is CC(NCCS(=O)(=O)C1CCCC1)c1nnc2ccccn12. The normalized spacial score (nSPS) is 18.0. The van der Waals surface area contributed by atoms with Crippen LogP contribution in [0.15, 0.2) is 24.4 Å². The van der Waals surface area contributed by atoms with Crippen molar-refractivity contribution in [2.45, 2.75) is 43.9 Å². The van der Waals surface area contributed by atoms with Crippen molar-refractivity contribution in [2.75, 3.05) is 12.3 Å². The zero-order chi connectivity index (χ0) is 15.6. The molecule has 0 amide bonds. The molecule has 1 fully saturated rings. The van der Waals surface area contributed by atoms with Crippen molar-refractivity contribution >= 4 is 15.5 Å². The van der Waals surface area contributed by atoms with Crippen LogP contribution in [-0.4, -0.2) is 40.6 Å². The van der Waals surface area contributed by atoms with Gasteiger partial charge < -0.3 is 5.32 Å². The monoisotopic (exact) mass is 322 g/mol. The third kappa shape index (κ3) is 3.15. The van der Waals surface area contributed by atoms with Crippen molar-refractivity contribution in [1.82, 2.24) is 19.9 Å². The highest BCUT2D eigenvalue weighted by Crippen LogP contribution is 2.25. The Labute approximate surface area is 130 Å². The molecule has 0 radical (unpaired) electrons. The molecule has 2 heterocycles. The lowest BCUT2D eigenvalue weighted by molar-refractivity contribution is 0.545. The second-order valence-corrected chi connectivity index (χ2v) is 8.34. The van der Waals surface area contributed by atoms with Crippen LogP contribution in [0.5, 0.6) is 0 Å². The average Bonchev–Trinajstić information content (AvgIpc) is 3.17. The maximum absolute atomic E-state index is 12.2. The molecule has 7 heteroatoms. The van der Waals surface area contributed by atoms with E-state index >= 15 is 0 Å². The summed E-state index contributed by atoms with van der Waals surface area (Å²) in [4.78, 5) is 0. The van der Waals surface area contributed by atoms with E-state index in [0.29, 0.717) is 6.54 Å². The van der Waals surface area contributed by atoms with Crippen LogP contribution >= 0.6 is 0 Å². The van der Waals surface area contributed by atoms with Gasteiger partial charge in [-0.1, -0.05) is 18.9 Å². The molecule has 6 nitrogen and oxygen atoms in total. The van der Waals surface area contributed by atoms with Crippen molar-refractivity contribution in [3.8, 4) is 0 Å².